The van der Waals surface area contributed by atoms with Gasteiger partial charge in [0.2, 0.25) is 0 Å². The van der Waals surface area contributed by atoms with Crippen LogP contribution in [0.5, 0.6) is 0 Å². The number of carbonyl (C=O) groups is 4. The van der Waals surface area contributed by atoms with E-state index in [-0.39, 0.29) is 61.1 Å². The van der Waals surface area contributed by atoms with Crippen LogP contribution in [-0.4, -0.2) is 93.4 Å². The Kier molecular flexibility index (Phi) is 16.6. The Morgan fingerprint density at radius 2 is 0.818 bits per heavy atom. The molecule has 0 spiro atoms. The minimum atomic E-state index is -1.23. The molecule has 0 bridgehead atoms. The van der Waals surface area contributed by atoms with Crippen molar-refractivity contribution in [1.82, 2.24) is 9.80 Å². The number of rotatable bonds is 11. The van der Waals surface area contributed by atoms with Crippen molar-refractivity contribution in [3.05, 3.63) is 0 Å². The van der Waals surface area contributed by atoms with Gasteiger partial charge in [-0.25, -0.2) is 0 Å². The van der Waals surface area contributed by atoms with Gasteiger partial charge in [0.1, 0.15) is 0 Å². The van der Waals surface area contributed by atoms with Crippen molar-refractivity contribution in [2.45, 2.75) is 0 Å². The largest absolute Gasteiger partial charge is 1.00 e. The standard InChI is InChI=1S/C10H16N2O8.Cu.Na.H/c13-7(14)3-11(4-8(15)16)1-2-12(5-9(17)18)6-10(19)20;;;/h1-6H2,(H,13,14)(H,15,16)(H,17,18)(H,19,20);;;/q;;+1;-1. The molecule has 127 valence electrons. The van der Waals surface area contributed by atoms with Gasteiger partial charge in [0, 0.05) is 30.2 Å². The summed E-state index contributed by atoms with van der Waals surface area (Å²) in [5.41, 5.74) is 0. The average Bonchev–Trinajstić information content (AvgIpc) is 2.22. The van der Waals surface area contributed by atoms with E-state index in [1.54, 1.807) is 0 Å². The summed E-state index contributed by atoms with van der Waals surface area (Å²) in [5.74, 6) is -4.91. The molecule has 0 saturated carbocycles. The van der Waals surface area contributed by atoms with E-state index in [0.717, 1.165) is 9.80 Å². The molecule has 0 amide bonds. The maximum Gasteiger partial charge on any atom is 1.00 e. The quantitative estimate of drug-likeness (QED) is 0.256. The zero-order valence-electron chi connectivity index (χ0n) is 12.9. The SMILES string of the molecule is O=C(O)CN(CCN(CC(=O)O)CC(=O)O)CC(=O)O.[Cu].[H-].[Na+]. The molecule has 4 N–H and O–H groups in total. The predicted octanol–water partition coefficient (Wildman–Crippen LogP) is -4.96. The summed E-state index contributed by atoms with van der Waals surface area (Å²) in [6.45, 7) is -2.25. The van der Waals surface area contributed by atoms with Crippen LogP contribution in [0.4, 0.5) is 0 Å². The Hall–Kier alpha value is -0.681. The molecule has 1 radical (unpaired) electrons. The van der Waals surface area contributed by atoms with Crippen LogP contribution in [-0.2, 0) is 36.2 Å². The summed E-state index contributed by atoms with van der Waals surface area (Å²) in [5, 5.41) is 34.5. The fourth-order valence-corrected chi connectivity index (χ4v) is 1.48. The Morgan fingerprint density at radius 1 is 0.636 bits per heavy atom. The first-order chi connectivity index (χ1) is 9.20. The fourth-order valence-electron chi connectivity index (χ4n) is 1.48. The van der Waals surface area contributed by atoms with E-state index in [1.165, 1.54) is 0 Å². The van der Waals surface area contributed by atoms with Crippen LogP contribution in [0.15, 0.2) is 0 Å². The topological polar surface area (TPSA) is 156 Å². The van der Waals surface area contributed by atoms with Gasteiger partial charge in [-0.1, -0.05) is 0 Å². The van der Waals surface area contributed by atoms with E-state index in [2.05, 4.69) is 0 Å². The third-order valence-electron chi connectivity index (χ3n) is 2.17. The van der Waals surface area contributed by atoms with Crippen molar-refractivity contribution in [2.24, 2.45) is 0 Å². The molecule has 0 aliphatic heterocycles. The number of carboxylic acids is 4. The molecular weight excluding hydrogens is 363 g/mol. The third kappa shape index (κ3) is 15.7. The molecule has 0 aromatic rings. The van der Waals surface area contributed by atoms with Gasteiger partial charge >= 0.3 is 53.4 Å². The summed E-state index contributed by atoms with van der Waals surface area (Å²) >= 11 is 0. The zero-order valence-corrected chi connectivity index (χ0v) is 14.8. The van der Waals surface area contributed by atoms with Gasteiger partial charge < -0.3 is 21.9 Å². The van der Waals surface area contributed by atoms with Gasteiger partial charge in [-0.2, -0.15) is 0 Å². The summed E-state index contributed by atoms with van der Waals surface area (Å²) in [6.07, 6.45) is 0. The number of hydrogen-bond acceptors (Lipinski definition) is 6. The Morgan fingerprint density at radius 3 is 0.955 bits per heavy atom. The molecule has 0 rings (SSSR count). The zero-order chi connectivity index (χ0) is 15.7. The van der Waals surface area contributed by atoms with Crippen molar-refractivity contribution in [3.63, 3.8) is 0 Å². The van der Waals surface area contributed by atoms with Gasteiger partial charge in [-0.15, -0.1) is 0 Å². The number of nitrogens with zero attached hydrogens (tertiary/aromatic N) is 2. The Bertz CT molecular complexity index is 333. The van der Waals surface area contributed by atoms with E-state index >= 15 is 0 Å². The molecule has 0 heterocycles. The first-order valence-corrected chi connectivity index (χ1v) is 5.52. The second-order valence-electron chi connectivity index (χ2n) is 4.00. The first-order valence-electron chi connectivity index (χ1n) is 5.52. The Balaban J connectivity index is -0.000000602. The van der Waals surface area contributed by atoms with Crippen LogP contribution in [0.25, 0.3) is 0 Å². The van der Waals surface area contributed by atoms with Crippen molar-refractivity contribution in [2.75, 3.05) is 39.3 Å². The fraction of sp³-hybridized carbons (Fsp3) is 0.600. The van der Waals surface area contributed by atoms with E-state index < -0.39 is 50.1 Å². The minimum Gasteiger partial charge on any atom is -1.00 e. The smallest absolute Gasteiger partial charge is 1.00 e. The molecule has 0 atom stereocenters. The summed E-state index contributed by atoms with van der Waals surface area (Å²) in [6, 6.07) is 0. The average molecular weight is 380 g/mol. The van der Waals surface area contributed by atoms with Crippen molar-refractivity contribution in [3.8, 4) is 0 Å². The molecule has 10 nitrogen and oxygen atoms in total. The monoisotopic (exact) mass is 379 g/mol. The molecular formula is C10H17CuN2NaO8. The van der Waals surface area contributed by atoms with Crippen LogP contribution in [0.1, 0.15) is 1.43 Å². The molecule has 0 unspecified atom stereocenters. The van der Waals surface area contributed by atoms with Crippen LogP contribution < -0.4 is 29.6 Å². The van der Waals surface area contributed by atoms with Crippen LogP contribution in [0.2, 0.25) is 0 Å². The maximum absolute atomic E-state index is 10.6. The predicted molar refractivity (Wildman–Crippen MR) is 64.5 cm³/mol. The van der Waals surface area contributed by atoms with E-state index in [1.807, 2.05) is 0 Å². The molecule has 0 aromatic carbocycles. The summed E-state index contributed by atoms with van der Waals surface area (Å²) in [7, 11) is 0. The van der Waals surface area contributed by atoms with Crippen LogP contribution in [0.3, 0.4) is 0 Å². The molecule has 0 saturated heterocycles. The summed E-state index contributed by atoms with van der Waals surface area (Å²) < 4.78 is 0. The molecule has 0 fully saturated rings. The van der Waals surface area contributed by atoms with E-state index in [9.17, 15) is 19.2 Å². The van der Waals surface area contributed by atoms with Gasteiger partial charge in [0.15, 0.2) is 0 Å². The van der Waals surface area contributed by atoms with Crippen molar-refractivity contribution >= 4 is 23.9 Å². The molecule has 12 heteroatoms. The van der Waals surface area contributed by atoms with Gasteiger partial charge in [0.05, 0.1) is 26.2 Å². The number of aliphatic carboxylic acids is 4. The van der Waals surface area contributed by atoms with Crippen LogP contribution >= 0.6 is 0 Å². The second kappa shape index (κ2) is 13.9. The van der Waals surface area contributed by atoms with Crippen molar-refractivity contribution in [1.29, 1.82) is 0 Å². The number of carboxylic acid groups (broad SMARTS) is 4. The van der Waals surface area contributed by atoms with E-state index in [0.29, 0.717) is 0 Å². The summed E-state index contributed by atoms with van der Waals surface area (Å²) in [4.78, 5) is 44.4. The van der Waals surface area contributed by atoms with Crippen LogP contribution in [0, 0.1) is 0 Å². The van der Waals surface area contributed by atoms with Gasteiger partial charge in [-0.05, 0) is 0 Å². The molecule has 22 heavy (non-hydrogen) atoms. The van der Waals surface area contributed by atoms with E-state index in [4.69, 9.17) is 20.4 Å². The molecule has 0 aliphatic rings. The number of hydrogen-bond donors (Lipinski definition) is 4. The first kappa shape index (κ1) is 26.2. The third-order valence-corrected chi connectivity index (χ3v) is 2.17. The van der Waals surface area contributed by atoms with Gasteiger partial charge in [-0.3, -0.25) is 29.0 Å². The minimum absolute atomic E-state index is 0. The maximum atomic E-state index is 10.6. The molecule has 0 aliphatic carbocycles. The second-order valence-corrected chi connectivity index (χ2v) is 4.00. The Labute approximate surface area is 160 Å². The van der Waals surface area contributed by atoms with Gasteiger partial charge in [0.25, 0.3) is 0 Å². The van der Waals surface area contributed by atoms with Crippen molar-refractivity contribution < 1.29 is 87.7 Å². The molecule has 0 aromatic heterocycles. The normalized spacial score (nSPS) is 9.73.